The summed E-state index contributed by atoms with van der Waals surface area (Å²) in [6, 6.07) is 11.9. The Kier molecular flexibility index (Phi) is 7.21. The van der Waals surface area contributed by atoms with Crippen LogP contribution < -0.4 is 15.5 Å². The summed E-state index contributed by atoms with van der Waals surface area (Å²) in [6.07, 6.45) is -2.68. The van der Waals surface area contributed by atoms with Crippen molar-refractivity contribution in [2.24, 2.45) is 0 Å². The van der Waals surface area contributed by atoms with Crippen LogP contribution in [0.15, 0.2) is 60.7 Å². The average Bonchev–Trinajstić information content (AvgIpc) is 3.15. The van der Waals surface area contributed by atoms with Gasteiger partial charge in [0.25, 0.3) is 5.92 Å². The summed E-state index contributed by atoms with van der Waals surface area (Å²) in [6.45, 7) is 0. The molecular formula is C27H23ClF4N4O3. The molecule has 3 aromatic rings. The molecule has 5 rings (SSSR count). The predicted octanol–water partition coefficient (Wildman–Crippen LogP) is 4.92. The number of carbonyl (C=O) groups is 2. The molecular weight excluding hydrogens is 540 g/mol. The van der Waals surface area contributed by atoms with Crippen molar-refractivity contribution in [3.8, 4) is 0 Å². The third-order valence-electron chi connectivity index (χ3n) is 6.86. The Labute approximate surface area is 225 Å². The third kappa shape index (κ3) is 5.55. The molecule has 1 saturated carbocycles. The van der Waals surface area contributed by atoms with E-state index in [9.17, 15) is 32.3 Å². The molecule has 0 spiro atoms. The van der Waals surface area contributed by atoms with E-state index in [4.69, 9.17) is 11.6 Å². The van der Waals surface area contributed by atoms with Crippen LogP contribution in [0.2, 0.25) is 5.02 Å². The highest BCUT2D eigenvalue weighted by Crippen LogP contribution is 2.41. The van der Waals surface area contributed by atoms with Gasteiger partial charge in [-0.3, -0.25) is 14.5 Å². The molecule has 2 amide bonds. The van der Waals surface area contributed by atoms with Gasteiger partial charge >= 0.3 is 0 Å². The number of nitrogens with one attached hydrogen (secondary N) is 2. The van der Waals surface area contributed by atoms with Crippen LogP contribution >= 0.6 is 11.6 Å². The number of nitrogens with zero attached hydrogens (tertiary/aromatic N) is 2. The predicted molar refractivity (Wildman–Crippen MR) is 135 cm³/mol. The minimum atomic E-state index is -2.85. The molecule has 204 valence electrons. The molecule has 2 fully saturated rings. The number of hydrogen-bond acceptors (Lipinski definition) is 5. The summed E-state index contributed by atoms with van der Waals surface area (Å²) in [5, 5.41) is 16.8. The van der Waals surface area contributed by atoms with E-state index >= 15 is 0 Å². The van der Waals surface area contributed by atoms with Crippen LogP contribution in [-0.2, 0) is 9.59 Å². The summed E-state index contributed by atoms with van der Waals surface area (Å²) in [7, 11) is 0. The van der Waals surface area contributed by atoms with Gasteiger partial charge < -0.3 is 15.7 Å². The molecule has 0 radical (unpaired) electrons. The molecule has 2 aliphatic rings. The van der Waals surface area contributed by atoms with Crippen LogP contribution in [0.4, 0.5) is 29.1 Å². The van der Waals surface area contributed by atoms with Gasteiger partial charge in [-0.25, -0.2) is 18.2 Å². The smallest absolute Gasteiger partial charge is 0.252 e. The van der Waals surface area contributed by atoms with Crippen molar-refractivity contribution in [2.45, 2.75) is 49.4 Å². The van der Waals surface area contributed by atoms with Crippen LogP contribution in [0.1, 0.15) is 42.3 Å². The lowest BCUT2D eigenvalue weighted by Gasteiger charge is -2.36. The number of aromatic nitrogens is 1. The monoisotopic (exact) mass is 562 g/mol. The molecule has 3 atom stereocenters. The van der Waals surface area contributed by atoms with Gasteiger partial charge in [-0.15, -0.1) is 0 Å². The lowest BCUT2D eigenvalue weighted by atomic mass is 9.87. The number of aliphatic hydroxyl groups excluding tert-OH is 1. The first-order valence-electron chi connectivity index (χ1n) is 12.1. The minimum Gasteiger partial charge on any atom is -0.372 e. The van der Waals surface area contributed by atoms with E-state index in [1.807, 2.05) is 0 Å². The van der Waals surface area contributed by atoms with Crippen LogP contribution in [0, 0.1) is 11.8 Å². The maximum atomic E-state index is 14.4. The standard InChI is InChI=1S/C27H23ClF4N4O3/c28-19-5-2-1-4-17(19)24(25(38)33-15-12-27(31,32)13-15)34-20-10-14(29)8-9-16(20)18-11-23(37)36(26(18)39)22-7-3-6-21(30)35-22/h1-10,15,18,24,26,34,39H,11-13H2,(H,33,38)/t18?,24-,26+/m0/s1. The fourth-order valence-electron chi connectivity index (χ4n) is 4.96. The number of carbonyl (C=O) groups excluding carboxylic acids is 2. The molecule has 2 heterocycles. The van der Waals surface area contributed by atoms with E-state index in [0.29, 0.717) is 11.1 Å². The fourth-order valence-corrected chi connectivity index (χ4v) is 5.20. The van der Waals surface area contributed by atoms with E-state index in [1.54, 1.807) is 24.3 Å². The van der Waals surface area contributed by atoms with Crippen molar-refractivity contribution in [3.05, 3.63) is 88.6 Å². The second-order valence-electron chi connectivity index (χ2n) is 9.61. The van der Waals surface area contributed by atoms with Gasteiger partial charge in [-0.1, -0.05) is 41.9 Å². The van der Waals surface area contributed by atoms with E-state index < -0.39 is 66.6 Å². The number of halogens is 5. The topological polar surface area (TPSA) is 94.6 Å². The van der Waals surface area contributed by atoms with Crippen LogP contribution in [-0.4, -0.2) is 40.1 Å². The molecule has 0 bridgehead atoms. The third-order valence-corrected chi connectivity index (χ3v) is 7.21. The Morgan fingerprint density at radius 2 is 1.85 bits per heavy atom. The molecule has 39 heavy (non-hydrogen) atoms. The zero-order valence-electron chi connectivity index (χ0n) is 20.3. The van der Waals surface area contributed by atoms with Gasteiger partial charge in [-0.2, -0.15) is 4.39 Å². The van der Waals surface area contributed by atoms with Gasteiger partial charge in [0.05, 0.1) is 0 Å². The maximum absolute atomic E-state index is 14.4. The van der Waals surface area contributed by atoms with E-state index in [-0.39, 0.29) is 22.9 Å². The fraction of sp³-hybridized carbons (Fsp3) is 0.296. The Hall–Kier alpha value is -3.70. The van der Waals surface area contributed by atoms with E-state index in [1.165, 1.54) is 18.2 Å². The number of aliphatic hydroxyl groups is 1. The molecule has 1 unspecified atom stereocenters. The van der Waals surface area contributed by atoms with E-state index in [2.05, 4.69) is 15.6 Å². The molecule has 7 nitrogen and oxygen atoms in total. The van der Waals surface area contributed by atoms with Gasteiger partial charge in [0, 0.05) is 47.5 Å². The van der Waals surface area contributed by atoms with Crippen molar-refractivity contribution in [1.82, 2.24) is 10.3 Å². The first kappa shape index (κ1) is 26.9. The largest absolute Gasteiger partial charge is 0.372 e. The van der Waals surface area contributed by atoms with Crippen LogP contribution in [0.25, 0.3) is 0 Å². The quantitative estimate of drug-likeness (QED) is 0.281. The minimum absolute atomic E-state index is 0.0833. The van der Waals surface area contributed by atoms with Gasteiger partial charge in [-0.05, 0) is 35.9 Å². The summed E-state index contributed by atoms with van der Waals surface area (Å²) < 4.78 is 54.9. The van der Waals surface area contributed by atoms with Gasteiger partial charge in [0.1, 0.15) is 23.9 Å². The number of hydrogen-bond donors (Lipinski definition) is 3. The van der Waals surface area contributed by atoms with Crippen molar-refractivity contribution in [1.29, 1.82) is 0 Å². The Morgan fingerprint density at radius 1 is 1.10 bits per heavy atom. The van der Waals surface area contributed by atoms with Gasteiger partial charge in [0.2, 0.25) is 17.8 Å². The second kappa shape index (κ2) is 10.5. The van der Waals surface area contributed by atoms with Crippen molar-refractivity contribution in [3.63, 3.8) is 0 Å². The first-order chi connectivity index (χ1) is 18.5. The van der Waals surface area contributed by atoms with Crippen LogP contribution in [0.5, 0.6) is 0 Å². The zero-order valence-corrected chi connectivity index (χ0v) is 21.0. The summed E-state index contributed by atoms with van der Waals surface area (Å²) in [5.41, 5.74) is 0.697. The number of pyridine rings is 1. The highest BCUT2D eigenvalue weighted by atomic mass is 35.5. The van der Waals surface area contributed by atoms with Crippen LogP contribution in [0.3, 0.4) is 0 Å². The Morgan fingerprint density at radius 3 is 2.54 bits per heavy atom. The van der Waals surface area contributed by atoms with Crippen molar-refractivity contribution in [2.75, 3.05) is 10.2 Å². The molecule has 1 aromatic heterocycles. The maximum Gasteiger partial charge on any atom is 0.252 e. The molecule has 1 aliphatic carbocycles. The molecule has 12 heteroatoms. The normalized spacial score (nSPS) is 21.4. The van der Waals surface area contributed by atoms with Crippen molar-refractivity contribution >= 4 is 34.9 Å². The summed E-state index contributed by atoms with van der Waals surface area (Å²) >= 11 is 6.36. The van der Waals surface area contributed by atoms with Crippen molar-refractivity contribution < 1.29 is 32.3 Å². The van der Waals surface area contributed by atoms with E-state index in [0.717, 1.165) is 23.1 Å². The number of rotatable bonds is 7. The lowest BCUT2D eigenvalue weighted by Crippen LogP contribution is -2.52. The zero-order chi connectivity index (χ0) is 27.9. The molecule has 3 N–H and O–H groups in total. The molecule has 1 aliphatic heterocycles. The SMILES string of the molecule is O=C(NC1CC(F)(F)C1)[C@@H](Nc1cc(F)ccc1C1CC(=O)N(c2cccc(F)n2)[C@@H]1O)c1ccccc1Cl. The molecule has 1 saturated heterocycles. The second-order valence-corrected chi connectivity index (χ2v) is 10.0. The first-order valence-corrected chi connectivity index (χ1v) is 12.5. The lowest BCUT2D eigenvalue weighted by molar-refractivity contribution is -0.130. The van der Waals surface area contributed by atoms with Gasteiger partial charge in [0.15, 0.2) is 0 Å². The molecule has 2 aromatic carbocycles. The highest BCUT2D eigenvalue weighted by molar-refractivity contribution is 6.31. The number of benzene rings is 2. The number of amides is 2. The number of alkyl halides is 2. The summed E-state index contributed by atoms with van der Waals surface area (Å²) in [5.74, 6) is -6.53. The number of anilines is 2. The summed E-state index contributed by atoms with van der Waals surface area (Å²) in [4.78, 5) is 30.8. The average molecular weight is 563 g/mol. The highest BCUT2D eigenvalue weighted by Gasteiger charge is 2.47. The Balaban J connectivity index is 1.47. The Bertz CT molecular complexity index is 1420.